The summed E-state index contributed by atoms with van der Waals surface area (Å²) in [5.74, 6) is 0.540. The molecule has 2 N–H and O–H groups in total. The first-order chi connectivity index (χ1) is 14.9. The predicted molar refractivity (Wildman–Crippen MR) is 116 cm³/mol. The second-order valence-electron chi connectivity index (χ2n) is 7.53. The molecule has 9 nitrogen and oxygen atoms in total. The van der Waals surface area contributed by atoms with Crippen molar-refractivity contribution in [3.63, 3.8) is 0 Å². The van der Waals surface area contributed by atoms with Crippen LogP contribution in [-0.4, -0.2) is 51.0 Å². The molecular weight excluding hydrogens is 418 g/mol. The maximum Gasteiger partial charge on any atom is 0.295 e. The zero-order chi connectivity index (χ0) is 22.0. The van der Waals surface area contributed by atoms with Crippen molar-refractivity contribution in [1.82, 2.24) is 20.2 Å². The third kappa shape index (κ3) is 4.80. The third-order valence-electron chi connectivity index (χ3n) is 5.08. The Morgan fingerprint density at radius 1 is 1.16 bits per heavy atom. The van der Waals surface area contributed by atoms with Gasteiger partial charge in [0.15, 0.2) is 0 Å². The maximum absolute atomic E-state index is 13.0. The molecule has 1 aliphatic carbocycles. The summed E-state index contributed by atoms with van der Waals surface area (Å²) in [5.41, 5.74) is 3.42. The molecular formula is C21H23N5O4S. The molecule has 0 unspecified atom stereocenters. The van der Waals surface area contributed by atoms with Crippen LogP contribution in [0.5, 0.6) is 10.9 Å². The number of aliphatic hydroxyl groups is 1. The van der Waals surface area contributed by atoms with Gasteiger partial charge in [-0.1, -0.05) is 5.10 Å². The van der Waals surface area contributed by atoms with Crippen LogP contribution in [0.3, 0.4) is 0 Å². The smallest absolute Gasteiger partial charge is 0.295 e. The lowest BCUT2D eigenvalue weighted by Gasteiger charge is -2.30. The number of rotatable bonds is 7. The largest absolute Gasteiger partial charge is 0.494 e. The topological polar surface area (TPSA) is 119 Å². The zero-order valence-electron chi connectivity index (χ0n) is 17.5. The van der Waals surface area contributed by atoms with Crippen molar-refractivity contribution in [2.24, 2.45) is 5.92 Å². The first-order valence-corrected chi connectivity index (χ1v) is 10.7. The van der Waals surface area contributed by atoms with Gasteiger partial charge in [-0.2, -0.15) is 0 Å². The molecule has 3 heterocycles. The van der Waals surface area contributed by atoms with Gasteiger partial charge in [0.05, 0.1) is 31.6 Å². The van der Waals surface area contributed by atoms with Crippen molar-refractivity contribution in [1.29, 1.82) is 0 Å². The highest BCUT2D eigenvalue weighted by Gasteiger charge is 2.28. The minimum Gasteiger partial charge on any atom is -0.494 e. The van der Waals surface area contributed by atoms with E-state index in [0.717, 1.165) is 41.1 Å². The molecule has 10 heteroatoms. The molecule has 162 valence electrons. The molecule has 0 radical (unpaired) electrons. The van der Waals surface area contributed by atoms with Gasteiger partial charge in [-0.15, -0.1) is 5.10 Å². The number of aliphatic hydroxyl groups excluding tert-OH is 1. The number of carbonyl (C=O) groups is 1. The number of methoxy groups -OCH3 is 1. The third-order valence-corrected chi connectivity index (χ3v) is 5.83. The van der Waals surface area contributed by atoms with E-state index < -0.39 is 0 Å². The summed E-state index contributed by atoms with van der Waals surface area (Å²) in [7, 11) is 1.57. The number of aryl methyl sites for hydroxylation is 2. The molecule has 4 rings (SSSR count). The van der Waals surface area contributed by atoms with Gasteiger partial charge in [-0.25, -0.2) is 0 Å². The minimum absolute atomic E-state index is 0.224. The molecule has 0 saturated heterocycles. The standard InChI is InChI=1S/C21H23N5O4S/c1-11-4-15(16-5-12(2)23-9-18(16)29-3)17(8-22-11)19(28)24-20-25-26-21(31-20)30-10-13-6-14(27)7-13/h4-5,8-9,13-14,27H,6-7,10H2,1-3H3,(H,24,25,28)/t13-,14+. The van der Waals surface area contributed by atoms with Crippen LogP contribution in [-0.2, 0) is 0 Å². The summed E-state index contributed by atoms with van der Waals surface area (Å²) < 4.78 is 11.1. The van der Waals surface area contributed by atoms with Gasteiger partial charge in [0, 0.05) is 28.7 Å². The second kappa shape index (κ2) is 8.94. The van der Waals surface area contributed by atoms with Crippen LogP contribution < -0.4 is 14.8 Å². The first kappa shape index (κ1) is 21.1. The summed E-state index contributed by atoms with van der Waals surface area (Å²) in [6, 6.07) is 3.71. The molecule has 1 aliphatic rings. The molecule has 1 fully saturated rings. The van der Waals surface area contributed by atoms with E-state index in [0.29, 0.717) is 39.7 Å². The van der Waals surface area contributed by atoms with E-state index in [9.17, 15) is 9.90 Å². The van der Waals surface area contributed by atoms with E-state index >= 15 is 0 Å². The fourth-order valence-electron chi connectivity index (χ4n) is 3.39. The highest BCUT2D eigenvalue weighted by molar-refractivity contribution is 7.17. The number of amides is 1. The monoisotopic (exact) mass is 441 g/mol. The number of ether oxygens (including phenoxy) is 2. The fraction of sp³-hybridized carbons (Fsp3) is 0.381. The Morgan fingerprint density at radius 3 is 2.58 bits per heavy atom. The lowest BCUT2D eigenvalue weighted by molar-refractivity contribution is 0.0201. The van der Waals surface area contributed by atoms with Crippen molar-refractivity contribution in [2.45, 2.75) is 32.8 Å². The lowest BCUT2D eigenvalue weighted by Crippen LogP contribution is -2.32. The van der Waals surface area contributed by atoms with Crippen LogP contribution in [0.25, 0.3) is 11.1 Å². The fourth-order valence-corrected chi connectivity index (χ4v) is 3.99. The minimum atomic E-state index is -0.358. The quantitative estimate of drug-likeness (QED) is 0.574. The molecule has 0 aromatic carbocycles. The molecule has 0 atom stereocenters. The maximum atomic E-state index is 13.0. The number of anilines is 1. The Morgan fingerprint density at radius 2 is 1.87 bits per heavy atom. The Bertz CT molecular complexity index is 1100. The van der Waals surface area contributed by atoms with Crippen LogP contribution in [0.4, 0.5) is 5.13 Å². The summed E-state index contributed by atoms with van der Waals surface area (Å²) in [6.45, 7) is 4.22. The summed E-state index contributed by atoms with van der Waals surface area (Å²) in [4.78, 5) is 21.6. The molecule has 1 saturated carbocycles. The lowest BCUT2D eigenvalue weighted by atomic mass is 9.83. The summed E-state index contributed by atoms with van der Waals surface area (Å²) in [5, 5.41) is 20.8. The van der Waals surface area contributed by atoms with Crippen molar-refractivity contribution in [3.05, 3.63) is 41.5 Å². The predicted octanol–water partition coefficient (Wildman–Crippen LogP) is 3.02. The highest BCUT2D eigenvalue weighted by Crippen LogP contribution is 2.34. The number of nitrogens with one attached hydrogen (secondary N) is 1. The number of aromatic nitrogens is 4. The molecule has 0 bridgehead atoms. The van der Waals surface area contributed by atoms with Crippen molar-refractivity contribution in [3.8, 4) is 22.1 Å². The molecule has 0 spiro atoms. The van der Waals surface area contributed by atoms with Gasteiger partial charge >= 0.3 is 0 Å². The SMILES string of the molecule is COc1cnc(C)cc1-c1cc(C)ncc1C(=O)Nc1nnc(OC[C@H]2C[C@@H](O)C2)s1. The van der Waals surface area contributed by atoms with Gasteiger partial charge in [0.2, 0.25) is 5.13 Å². The number of carbonyl (C=O) groups excluding carboxylic acids is 1. The van der Waals surface area contributed by atoms with E-state index in [1.54, 1.807) is 13.3 Å². The van der Waals surface area contributed by atoms with Crippen molar-refractivity contribution >= 4 is 22.4 Å². The molecule has 3 aromatic rings. The Labute approximate surface area is 183 Å². The van der Waals surface area contributed by atoms with Crippen molar-refractivity contribution in [2.75, 3.05) is 19.0 Å². The van der Waals surface area contributed by atoms with Gasteiger partial charge in [0.1, 0.15) is 5.75 Å². The number of pyridine rings is 2. The van der Waals surface area contributed by atoms with Crippen LogP contribution in [0.2, 0.25) is 0 Å². The first-order valence-electron chi connectivity index (χ1n) is 9.86. The van der Waals surface area contributed by atoms with E-state index in [-0.39, 0.29) is 12.0 Å². The Hall–Kier alpha value is -3.11. The van der Waals surface area contributed by atoms with Gasteiger partial charge in [-0.3, -0.25) is 20.1 Å². The van der Waals surface area contributed by atoms with E-state index in [1.807, 2.05) is 26.0 Å². The van der Waals surface area contributed by atoms with Crippen LogP contribution in [0, 0.1) is 19.8 Å². The molecule has 0 aliphatic heterocycles. The van der Waals surface area contributed by atoms with Crippen molar-refractivity contribution < 1.29 is 19.4 Å². The normalized spacial score (nSPS) is 17.7. The molecule has 3 aromatic heterocycles. The summed E-state index contributed by atoms with van der Waals surface area (Å²) >= 11 is 1.15. The molecule has 31 heavy (non-hydrogen) atoms. The number of nitrogens with zero attached hydrogens (tertiary/aromatic N) is 4. The van der Waals surface area contributed by atoms with Gasteiger partial charge in [0.25, 0.3) is 11.1 Å². The van der Waals surface area contributed by atoms with E-state index in [4.69, 9.17) is 9.47 Å². The highest BCUT2D eigenvalue weighted by atomic mass is 32.1. The Kier molecular flexibility index (Phi) is 6.10. The Balaban J connectivity index is 1.53. The average molecular weight is 442 g/mol. The van der Waals surface area contributed by atoms with Crippen LogP contribution in [0.15, 0.2) is 24.5 Å². The second-order valence-corrected chi connectivity index (χ2v) is 8.47. The van der Waals surface area contributed by atoms with Gasteiger partial charge in [-0.05, 0) is 56.1 Å². The number of hydrogen-bond acceptors (Lipinski definition) is 9. The molecule has 1 amide bonds. The number of hydrogen-bond donors (Lipinski definition) is 2. The summed E-state index contributed by atoms with van der Waals surface area (Å²) in [6.07, 6.45) is 4.43. The van der Waals surface area contributed by atoms with Crippen LogP contribution >= 0.6 is 11.3 Å². The average Bonchev–Trinajstić information content (AvgIpc) is 3.17. The van der Waals surface area contributed by atoms with Gasteiger partial charge < -0.3 is 14.6 Å². The zero-order valence-corrected chi connectivity index (χ0v) is 18.3. The van der Waals surface area contributed by atoms with Crippen LogP contribution in [0.1, 0.15) is 34.6 Å². The van der Waals surface area contributed by atoms with E-state index in [1.165, 1.54) is 6.20 Å². The van der Waals surface area contributed by atoms with E-state index in [2.05, 4.69) is 25.5 Å².